The van der Waals surface area contributed by atoms with E-state index in [-0.39, 0.29) is 0 Å². The van der Waals surface area contributed by atoms with Gasteiger partial charge in [-0.15, -0.1) is 24.8 Å². The van der Waals surface area contributed by atoms with Gasteiger partial charge in [0.1, 0.15) is 5.56 Å². The zero-order valence-corrected chi connectivity index (χ0v) is 10.6. The van der Waals surface area contributed by atoms with Crippen molar-refractivity contribution in [1.29, 1.82) is 0 Å². The molecule has 0 saturated heterocycles. The lowest BCUT2D eigenvalue weighted by molar-refractivity contribution is -0.276. The van der Waals surface area contributed by atoms with E-state index in [1.54, 1.807) is 0 Å². The molecule has 112 valence electrons. The molecule has 0 saturated carbocycles. The Morgan fingerprint density at radius 2 is 1.80 bits per heavy atom. The number of pyridine rings is 1. The molecule has 0 bridgehead atoms. The third kappa shape index (κ3) is 4.14. The van der Waals surface area contributed by atoms with E-state index in [9.17, 15) is 31.1 Å². The van der Waals surface area contributed by atoms with Crippen LogP contribution in [-0.2, 0) is 12.1 Å². The smallest absolute Gasteiger partial charge is 0.387 e. The van der Waals surface area contributed by atoms with Crippen molar-refractivity contribution in [2.75, 3.05) is 0 Å². The summed E-state index contributed by atoms with van der Waals surface area (Å²) in [6, 6.07) is 0.325. The van der Waals surface area contributed by atoms with Crippen molar-refractivity contribution in [2.24, 2.45) is 0 Å². The molecule has 1 rings (SSSR count). The average Bonchev–Trinajstić information content (AvgIpc) is 2.23. The molecule has 0 spiro atoms. The summed E-state index contributed by atoms with van der Waals surface area (Å²) in [6.45, 7) is 0. The molecule has 0 aromatic carbocycles. The van der Waals surface area contributed by atoms with Crippen LogP contribution in [0.25, 0.3) is 0 Å². The van der Waals surface area contributed by atoms with Crippen LogP contribution in [-0.4, -0.2) is 16.6 Å². The number of ether oxygens (including phenoxy) is 1. The van der Waals surface area contributed by atoms with E-state index in [1.807, 2.05) is 0 Å². The number of carbonyl (C=O) groups is 1. The molecule has 0 unspecified atom stereocenters. The van der Waals surface area contributed by atoms with Gasteiger partial charge < -0.3 is 4.74 Å². The Balaban J connectivity index is 3.59. The van der Waals surface area contributed by atoms with Gasteiger partial charge in [0.2, 0.25) is 5.88 Å². The maximum absolute atomic E-state index is 12.7. The summed E-state index contributed by atoms with van der Waals surface area (Å²) in [5, 5.41) is -1.79. The predicted octanol–water partition coefficient (Wildman–Crippen LogP) is 4.12. The Labute approximate surface area is 117 Å². The van der Waals surface area contributed by atoms with E-state index < -0.39 is 46.4 Å². The molecule has 3 nitrogen and oxygen atoms in total. The lowest BCUT2D eigenvalue weighted by Crippen LogP contribution is -2.22. The SMILES string of the molecule is O=C(Cl)c1c(C(F)(F)F)cc(CCl)nc1OC(F)(F)F. The summed E-state index contributed by atoms with van der Waals surface area (Å²) in [5.41, 5.74) is -3.78. The van der Waals surface area contributed by atoms with Crippen LogP contribution in [0.15, 0.2) is 6.07 Å². The van der Waals surface area contributed by atoms with Crippen LogP contribution < -0.4 is 4.74 Å². The number of hydrogen-bond donors (Lipinski definition) is 0. The number of nitrogens with zero attached hydrogens (tertiary/aromatic N) is 1. The Hall–Kier alpha value is -1.22. The first kappa shape index (κ1) is 16.8. The van der Waals surface area contributed by atoms with Crippen molar-refractivity contribution < 1.29 is 35.9 Å². The fourth-order valence-electron chi connectivity index (χ4n) is 1.24. The van der Waals surface area contributed by atoms with Gasteiger partial charge in [-0.3, -0.25) is 4.79 Å². The highest BCUT2D eigenvalue weighted by Crippen LogP contribution is 2.38. The Morgan fingerprint density at radius 3 is 2.15 bits per heavy atom. The van der Waals surface area contributed by atoms with Crippen molar-refractivity contribution in [3.8, 4) is 5.88 Å². The first-order chi connectivity index (χ1) is 8.95. The molecular formula is C9H3Cl2F6NO2. The molecular weight excluding hydrogens is 339 g/mol. The van der Waals surface area contributed by atoms with E-state index in [2.05, 4.69) is 9.72 Å². The van der Waals surface area contributed by atoms with Crippen molar-refractivity contribution in [3.05, 3.63) is 22.9 Å². The Bertz CT molecular complexity index is 528. The lowest BCUT2D eigenvalue weighted by Gasteiger charge is -2.16. The topological polar surface area (TPSA) is 39.2 Å². The van der Waals surface area contributed by atoms with Crippen LogP contribution >= 0.6 is 23.2 Å². The van der Waals surface area contributed by atoms with E-state index in [0.717, 1.165) is 0 Å². The second-order valence-corrected chi connectivity index (χ2v) is 3.90. The third-order valence-electron chi connectivity index (χ3n) is 1.89. The van der Waals surface area contributed by atoms with Gasteiger partial charge in [-0.25, -0.2) is 4.98 Å². The molecule has 0 aliphatic heterocycles. The van der Waals surface area contributed by atoms with E-state index in [1.165, 1.54) is 0 Å². The standard InChI is InChI=1S/C9H3Cl2F6NO2/c10-2-3-1-4(8(12,13)14)5(6(11)19)7(18-3)20-9(15,16)17/h1H,2H2. The molecule has 20 heavy (non-hydrogen) atoms. The van der Waals surface area contributed by atoms with Gasteiger partial charge in [-0.2, -0.15) is 13.2 Å². The fraction of sp³-hybridized carbons (Fsp3) is 0.333. The molecule has 1 heterocycles. The summed E-state index contributed by atoms with van der Waals surface area (Å²) >= 11 is 10.1. The summed E-state index contributed by atoms with van der Waals surface area (Å²) in [6.07, 6.45) is -10.5. The second kappa shape index (κ2) is 5.65. The Morgan fingerprint density at radius 1 is 1.25 bits per heavy atom. The molecule has 0 fully saturated rings. The number of alkyl halides is 7. The van der Waals surface area contributed by atoms with E-state index in [0.29, 0.717) is 6.07 Å². The van der Waals surface area contributed by atoms with Crippen LogP contribution in [0.1, 0.15) is 21.6 Å². The zero-order chi connectivity index (χ0) is 15.7. The summed E-state index contributed by atoms with van der Waals surface area (Å²) in [5.74, 6) is -2.21. The highest BCUT2D eigenvalue weighted by Gasteiger charge is 2.41. The van der Waals surface area contributed by atoms with Gasteiger partial charge in [-0.1, -0.05) is 0 Å². The van der Waals surface area contributed by atoms with Gasteiger partial charge in [0, 0.05) is 0 Å². The number of rotatable bonds is 3. The molecule has 11 heteroatoms. The predicted molar refractivity (Wildman–Crippen MR) is 55.7 cm³/mol. The minimum atomic E-state index is -5.35. The number of halogens is 8. The minimum absolute atomic E-state index is 0.325. The Kier molecular flexibility index (Phi) is 4.75. The first-order valence-corrected chi connectivity index (χ1v) is 5.49. The fourth-order valence-corrected chi connectivity index (χ4v) is 1.56. The third-order valence-corrected chi connectivity index (χ3v) is 2.35. The minimum Gasteiger partial charge on any atom is -0.387 e. The van der Waals surface area contributed by atoms with E-state index in [4.69, 9.17) is 23.2 Å². The molecule has 0 aliphatic rings. The maximum Gasteiger partial charge on any atom is 0.574 e. The van der Waals surface area contributed by atoms with Gasteiger partial charge in [0.15, 0.2) is 0 Å². The van der Waals surface area contributed by atoms with Gasteiger partial charge >= 0.3 is 12.5 Å². The first-order valence-electron chi connectivity index (χ1n) is 4.58. The van der Waals surface area contributed by atoms with Crippen molar-refractivity contribution >= 4 is 28.4 Å². The summed E-state index contributed by atoms with van der Waals surface area (Å²) in [4.78, 5) is 14.1. The van der Waals surface area contributed by atoms with Crippen LogP contribution in [0.5, 0.6) is 5.88 Å². The van der Waals surface area contributed by atoms with Crippen molar-refractivity contribution in [3.63, 3.8) is 0 Å². The van der Waals surface area contributed by atoms with Gasteiger partial charge in [-0.05, 0) is 17.7 Å². The quantitative estimate of drug-likeness (QED) is 0.471. The number of carbonyl (C=O) groups excluding carboxylic acids is 1. The van der Waals surface area contributed by atoms with Crippen LogP contribution in [0.2, 0.25) is 0 Å². The zero-order valence-electron chi connectivity index (χ0n) is 9.07. The van der Waals surface area contributed by atoms with Crippen LogP contribution in [0, 0.1) is 0 Å². The molecule has 0 atom stereocenters. The molecule has 0 N–H and O–H groups in total. The van der Waals surface area contributed by atoms with Crippen molar-refractivity contribution in [2.45, 2.75) is 18.4 Å². The average molecular weight is 342 g/mol. The van der Waals surface area contributed by atoms with Gasteiger partial charge in [0.05, 0.1) is 17.1 Å². The normalized spacial score (nSPS) is 12.4. The van der Waals surface area contributed by atoms with Crippen LogP contribution in [0.3, 0.4) is 0 Å². The molecule has 0 amide bonds. The van der Waals surface area contributed by atoms with Crippen molar-refractivity contribution in [1.82, 2.24) is 4.98 Å². The molecule has 0 radical (unpaired) electrons. The summed E-state index contributed by atoms with van der Waals surface area (Å²) in [7, 11) is 0. The summed E-state index contributed by atoms with van der Waals surface area (Å²) < 4.78 is 77.8. The van der Waals surface area contributed by atoms with Gasteiger partial charge in [0.25, 0.3) is 5.24 Å². The highest BCUT2D eigenvalue weighted by molar-refractivity contribution is 6.68. The monoisotopic (exact) mass is 341 g/mol. The number of hydrogen-bond acceptors (Lipinski definition) is 3. The molecule has 1 aromatic heterocycles. The molecule has 0 aliphatic carbocycles. The largest absolute Gasteiger partial charge is 0.574 e. The maximum atomic E-state index is 12.7. The highest BCUT2D eigenvalue weighted by atomic mass is 35.5. The lowest BCUT2D eigenvalue weighted by atomic mass is 10.1. The van der Waals surface area contributed by atoms with E-state index >= 15 is 0 Å². The number of aromatic nitrogens is 1. The van der Waals surface area contributed by atoms with Crippen LogP contribution in [0.4, 0.5) is 26.3 Å². The molecule has 1 aromatic rings. The second-order valence-electron chi connectivity index (χ2n) is 3.29.